The Bertz CT molecular complexity index is 2630. The molecule has 0 heterocycles. The standard InChI is InChI=1S/C18H27NO3.C13H18O2.C12H17NO2.C11H21NO3.C7H8O.2C6H12O2.C2H3N.CH4O.3CH4/c1-12(2)14(5)17(20)19-16(13(3)4)18(21)22-11-15-9-7-6-8-10-15;1-10(2)11(3)13(14)15-9-12-7-5-4-6-8-12;1-9(2)11(13)12(14)15-8-10-6-4-3-5-7-10;1-6(2)8(5)10(13)12-9(7(3)4)11(14)15;8-6-7-4-2-1-3-5-7;2*1-4(2)5(3)6(7)8;1-2-3;1-2;;;/h6-10,12-14,16H,11H2,1-5H3,(H,19,20);4-8,10-11H,9H2,1-3H3;3-7,9,11H,8,13H2,1-2H3;6-9H,1-5H3,(H,12,13)(H,14,15);1-5,8H,6H2;2*4-5H,1-3H3,(H,7,8);1H3;2H,1H3;3*1H4/t14-,16-;2*11-;8-,9-;;2*5-;;;;;/m0000.00...../s1. The van der Waals surface area contributed by atoms with Crippen molar-refractivity contribution in [1.82, 2.24) is 10.6 Å². The number of carboxylic acid groups (broad SMARTS) is 3. The summed E-state index contributed by atoms with van der Waals surface area (Å²) in [5, 5.41) is 53.8. The van der Waals surface area contributed by atoms with Crippen LogP contribution in [0.5, 0.6) is 0 Å². The summed E-state index contributed by atoms with van der Waals surface area (Å²) in [5.74, 6) is -3.05. The lowest BCUT2D eigenvalue weighted by Crippen LogP contribution is -2.47. The number of rotatable bonds is 25. The highest BCUT2D eigenvalue weighted by Gasteiger charge is 2.29. The first kappa shape index (κ1) is 107. The third-order valence-electron chi connectivity index (χ3n) is 15.1. The van der Waals surface area contributed by atoms with Crippen molar-refractivity contribution in [2.24, 2.45) is 82.7 Å². The van der Waals surface area contributed by atoms with Gasteiger partial charge in [-0.3, -0.25) is 28.8 Å². The summed E-state index contributed by atoms with van der Waals surface area (Å²) in [6.07, 6.45) is 0. The Morgan fingerprint density at radius 1 is 0.374 bits per heavy atom. The molecule has 0 aliphatic rings. The van der Waals surface area contributed by atoms with Crippen LogP contribution in [0.2, 0.25) is 0 Å². The lowest BCUT2D eigenvalue weighted by Gasteiger charge is -2.24. The minimum absolute atomic E-state index is 0. The van der Waals surface area contributed by atoms with Gasteiger partial charge in [0.05, 0.1) is 30.4 Å². The number of nitrogens with zero attached hydrogens (tertiary/aromatic N) is 1. The number of carbonyl (C=O) groups is 8. The molecule has 566 valence electrons. The summed E-state index contributed by atoms with van der Waals surface area (Å²) >= 11 is 0. The average Bonchev–Trinajstić information content (AvgIpc) is 0.896. The van der Waals surface area contributed by atoms with Crippen LogP contribution < -0.4 is 16.4 Å². The zero-order valence-electron chi connectivity index (χ0n) is 61.9. The molecular weight excluding hydrogens is 1260 g/mol. The van der Waals surface area contributed by atoms with Gasteiger partial charge in [0.1, 0.15) is 37.9 Å². The number of hydrogen-bond acceptors (Lipinski definition) is 15. The Balaban J connectivity index is -0.000000164. The van der Waals surface area contributed by atoms with Crippen LogP contribution in [0.4, 0.5) is 0 Å². The normalized spacial score (nSPS) is 12.3. The Hall–Kier alpha value is -7.99. The summed E-state index contributed by atoms with van der Waals surface area (Å²) in [4.78, 5) is 90.1. The Morgan fingerprint density at radius 2 is 0.616 bits per heavy atom. The van der Waals surface area contributed by atoms with Gasteiger partial charge in [-0.2, -0.15) is 5.26 Å². The van der Waals surface area contributed by atoms with E-state index < -0.39 is 36.0 Å². The molecule has 20 heteroatoms. The first-order chi connectivity index (χ1) is 44.8. The van der Waals surface area contributed by atoms with Crippen LogP contribution in [0.25, 0.3) is 0 Å². The minimum atomic E-state index is -0.977. The fraction of sp³-hybridized carbons (Fsp3) is 0.582. The molecule has 0 spiro atoms. The van der Waals surface area contributed by atoms with Crippen LogP contribution in [0.3, 0.4) is 0 Å². The van der Waals surface area contributed by atoms with Gasteiger partial charge in [-0.1, -0.05) is 289 Å². The Kier molecular flexibility index (Phi) is 68.6. The van der Waals surface area contributed by atoms with Crippen molar-refractivity contribution in [3.8, 4) is 6.07 Å². The SMILES string of the molecule is C.C.C.CC#N.CC(C)[C@H](C)C(=O)N[C@H](C(=O)O)C(C)C.CC(C)[C@H](C)C(=O)N[C@H](C(=O)OCc1ccccc1)C(C)C.CC(C)[C@H](C)C(=O)O.CC(C)[C@H](C)C(=O)O.CC(C)[C@H](C)C(=O)OCc1ccccc1.CC(C)[C@H](N)C(=O)OCc1ccccc1.CO.OCc1ccccc1. The number of aliphatic hydroxyl groups is 2. The van der Waals surface area contributed by atoms with Gasteiger partial charge in [0.25, 0.3) is 0 Å². The predicted molar refractivity (Wildman–Crippen MR) is 400 cm³/mol. The number of amides is 2. The lowest BCUT2D eigenvalue weighted by molar-refractivity contribution is -0.151. The number of hydrogen-bond donors (Lipinski definition) is 8. The molecule has 0 saturated heterocycles. The molecule has 0 aliphatic heterocycles. The van der Waals surface area contributed by atoms with Gasteiger partial charge in [-0.15, -0.1) is 0 Å². The van der Waals surface area contributed by atoms with E-state index in [4.69, 9.17) is 50.7 Å². The predicted octanol–water partition coefficient (Wildman–Crippen LogP) is 15.4. The van der Waals surface area contributed by atoms with E-state index in [1.54, 1.807) is 40.7 Å². The van der Waals surface area contributed by atoms with Crippen molar-refractivity contribution in [2.75, 3.05) is 7.11 Å². The number of nitrogens with two attached hydrogens (primary N) is 1. The molecule has 0 aromatic heterocycles. The minimum Gasteiger partial charge on any atom is -0.481 e. The first-order valence-electron chi connectivity index (χ1n) is 32.8. The molecule has 0 radical (unpaired) electrons. The summed E-state index contributed by atoms with van der Waals surface area (Å²) in [5.41, 5.74) is 9.55. The second-order valence-electron chi connectivity index (χ2n) is 25.6. The molecule has 0 unspecified atom stereocenters. The summed E-state index contributed by atoms with van der Waals surface area (Å²) in [6, 6.07) is 38.1. The van der Waals surface area contributed by atoms with Crippen LogP contribution in [0.1, 0.15) is 197 Å². The molecule has 2 amide bonds. The monoisotopic (exact) mass is 1390 g/mol. The van der Waals surface area contributed by atoms with Crippen LogP contribution >= 0.6 is 0 Å². The third-order valence-corrected chi connectivity index (χ3v) is 15.1. The van der Waals surface area contributed by atoms with Gasteiger partial charge in [0.2, 0.25) is 11.8 Å². The zero-order chi connectivity index (χ0) is 75.4. The number of nitrogens with one attached hydrogen (secondary N) is 2. The highest BCUT2D eigenvalue weighted by molar-refractivity contribution is 5.86. The van der Waals surface area contributed by atoms with E-state index in [2.05, 4.69) is 10.6 Å². The van der Waals surface area contributed by atoms with Gasteiger partial charge >= 0.3 is 35.8 Å². The topological polar surface area (TPSA) is 339 Å². The van der Waals surface area contributed by atoms with E-state index >= 15 is 0 Å². The first-order valence-corrected chi connectivity index (χ1v) is 32.8. The van der Waals surface area contributed by atoms with Gasteiger partial charge < -0.3 is 56.1 Å². The number of aliphatic carboxylic acids is 3. The van der Waals surface area contributed by atoms with E-state index in [-0.39, 0.29) is 136 Å². The second kappa shape index (κ2) is 63.5. The van der Waals surface area contributed by atoms with Crippen molar-refractivity contribution in [3.63, 3.8) is 0 Å². The number of aliphatic hydroxyl groups excluding tert-OH is 2. The van der Waals surface area contributed by atoms with Crippen molar-refractivity contribution in [3.05, 3.63) is 144 Å². The van der Waals surface area contributed by atoms with E-state index in [1.165, 1.54) is 6.92 Å². The smallest absolute Gasteiger partial charge is 0.329 e. The molecule has 0 fully saturated rings. The van der Waals surface area contributed by atoms with Crippen molar-refractivity contribution in [1.29, 1.82) is 5.26 Å². The van der Waals surface area contributed by atoms with Crippen LogP contribution in [0, 0.1) is 88.3 Å². The second-order valence-corrected chi connectivity index (χ2v) is 25.6. The van der Waals surface area contributed by atoms with E-state index in [0.717, 1.165) is 29.4 Å². The molecule has 0 bridgehead atoms. The highest BCUT2D eigenvalue weighted by atomic mass is 16.5. The summed E-state index contributed by atoms with van der Waals surface area (Å²) in [6.45, 7) is 42.1. The molecule has 4 aromatic rings. The van der Waals surface area contributed by atoms with Crippen LogP contribution in [0.15, 0.2) is 121 Å². The van der Waals surface area contributed by atoms with Gasteiger partial charge in [-0.25, -0.2) is 9.59 Å². The number of nitriles is 1. The van der Waals surface area contributed by atoms with Crippen LogP contribution in [-0.4, -0.2) is 98.4 Å². The molecular formula is C79H134N4O16. The fourth-order valence-electron chi connectivity index (χ4n) is 6.39. The molecule has 4 aromatic carbocycles. The van der Waals surface area contributed by atoms with E-state index in [1.807, 2.05) is 232 Å². The maximum Gasteiger partial charge on any atom is 0.329 e. The number of esters is 3. The lowest BCUT2D eigenvalue weighted by atomic mass is 9.96. The summed E-state index contributed by atoms with van der Waals surface area (Å²) < 4.78 is 15.6. The van der Waals surface area contributed by atoms with Crippen molar-refractivity contribution < 1.29 is 78.1 Å². The fourth-order valence-corrected chi connectivity index (χ4v) is 6.39. The third kappa shape index (κ3) is 54.6. The Labute approximate surface area is 597 Å². The van der Waals surface area contributed by atoms with Gasteiger partial charge in [0.15, 0.2) is 0 Å². The van der Waals surface area contributed by atoms with Crippen molar-refractivity contribution in [2.45, 2.75) is 219 Å². The maximum atomic E-state index is 12.2. The quantitative estimate of drug-likeness (QED) is 0.0226. The molecule has 0 aliphatic carbocycles. The molecule has 99 heavy (non-hydrogen) atoms. The Morgan fingerprint density at radius 3 is 0.818 bits per heavy atom. The van der Waals surface area contributed by atoms with Crippen LogP contribution in [-0.2, 0) is 79.0 Å². The largest absolute Gasteiger partial charge is 0.481 e. The van der Waals surface area contributed by atoms with Gasteiger partial charge in [0, 0.05) is 25.9 Å². The maximum absolute atomic E-state index is 12.2. The molecule has 20 nitrogen and oxygen atoms in total. The highest BCUT2D eigenvalue weighted by Crippen LogP contribution is 2.16. The molecule has 0 saturated carbocycles. The number of carbonyl (C=O) groups excluding carboxylic acids is 5. The molecule has 8 atom stereocenters. The van der Waals surface area contributed by atoms with Crippen molar-refractivity contribution >= 4 is 47.6 Å². The molecule has 4 rings (SSSR count). The number of ether oxygens (including phenoxy) is 3. The van der Waals surface area contributed by atoms with E-state index in [9.17, 15) is 38.4 Å². The average molecular weight is 1400 g/mol. The van der Waals surface area contributed by atoms with Gasteiger partial charge in [-0.05, 0) is 69.6 Å². The summed E-state index contributed by atoms with van der Waals surface area (Å²) in [7, 11) is 1.00. The zero-order valence-corrected chi connectivity index (χ0v) is 61.9. The number of benzene rings is 4. The van der Waals surface area contributed by atoms with E-state index in [0.29, 0.717) is 19.1 Å². The molecule has 9 N–H and O–H groups in total. The number of carboxylic acids is 3.